The summed E-state index contributed by atoms with van der Waals surface area (Å²) >= 11 is 1.90. The van der Waals surface area contributed by atoms with Crippen LogP contribution in [0.4, 0.5) is 0 Å². The van der Waals surface area contributed by atoms with Crippen molar-refractivity contribution in [2.75, 3.05) is 6.54 Å². The van der Waals surface area contributed by atoms with Gasteiger partial charge in [-0.3, -0.25) is 0 Å². The zero-order valence-electron chi connectivity index (χ0n) is 11.8. The Labute approximate surface area is 116 Å². The molecule has 1 aliphatic rings. The molecule has 0 aliphatic heterocycles. The summed E-state index contributed by atoms with van der Waals surface area (Å²) in [6.07, 6.45) is 8.26. The van der Waals surface area contributed by atoms with E-state index in [2.05, 4.69) is 36.7 Å². The van der Waals surface area contributed by atoms with Crippen LogP contribution in [0.5, 0.6) is 0 Å². The molecule has 1 fully saturated rings. The molecule has 18 heavy (non-hydrogen) atoms. The van der Waals surface area contributed by atoms with Crippen LogP contribution < -0.4 is 5.32 Å². The highest BCUT2D eigenvalue weighted by atomic mass is 32.1. The molecular formula is C16H27NS. The third-order valence-corrected chi connectivity index (χ3v) is 5.15. The second kappa shape index (κ2) is 7.30. The van der Waals surface area contributed by atoms with Gasteiger partial charge in [0.15, 0.2) is 0 Å². The van der Waals surface area contributed by atoms with Crippen molar-refractivity contribution in [1.29, 1.82) is 0 Å². The van der Waals surface area contributed by atoms with E-state index >= 15 is 0 Å². The van der Waals surface area contributed by atoms with E-state index in [9.17, 15) is 0 Å². The predicted molar refractivity (Wildman–Crippen MR) is 81.1 cm³/mol. The smallest absolute Gasteiger partial charge is 0.0414 e. The van der Waals surface area contributed by atoms with Crippen LogP contribution in [0.2, 0.25) is 0 Å². The van der Waals surface area contributed by atoms with Crippen molar-refractivity contribution in [3.05, 3.63) is 22.4 Å². The summed E-state index contributed by atoms with van der Waals surface area (Å²) in [4.78, 5) is 1.51. The molecule has 1 saturated carbocycles. The third kappa shape index (κ3) is 4.10. The highest BCUT2D eigenvalue weighted by Gasteiger charge is 2.20. The molecule has 1 nitrogen and oxygen atoms in total. The first kappa shape index (κ1) is 14.1. The fourth-order valence-corrected chi connectivity index (χ4v) is 4.01. The molecule has 1 N–H and O–H groups in total. The Hall–Kier alpha value is -0.340. The number of thiophene rings is 1. The van der Waals surface area contributed by atoms with E-state index in [-0.39, 0.29) is 0 Å². The largest absolute Gasteiger partial charge is 0.309 e. The van der Waals surface area contributed by atoms with Gasteiger partial charge in [0.05, 0.1) is 0 Å². The van der Waals surface area contributed by atoms with Crippen LogP contribution in [0.15, 0.2) is 17.5 Å². The van der Waals surface area contributed by atoms with E-state index < -0.39 is 0 Å². The van der Waals surface area contributed by atoms with Crippen LogP contribution in [-0.2, 0) is 0 Å². The van der Waals surface area contributed by atoms with Gasteiger partial charge in [0.25, 0.3) is 0 Å². The lowest BCUT2D eigenvalue weighted by Crippen LogP contribution is -2.29. The lowest BCUT2D eigenvalue weighted by molar-refractivity contribution is 0.265. The molecular weight excluding hydrogens is 238 g/mol. The van der Waals surface area contributed by atoms with Crippen molar-refractivity contribution in [3.8, 4) is 0 Å². The normalized spacial score (nSPS) is 26.1. The van der Waals surface area contributed by atoms with Crippen LogP contribution in [0.25, 0.3) is 0 Å². The molecule has 3 unspecified atom stereocenters. The van der Waals surface area contributed by atoms with Crippen molar-refractivity contribution in [1.82, 2.24) is 5.32 Å². The Balaban J connectivity index is 1.82. The second-order valence-electron chi connectivity index (χ2n) is 5.90. The van der Waals surface area contributed by atoms with E-state index in [1.165, 1.54) is 49.9 Å². The highest BCUT2D eigenvalue weighted by Crippen LogP contribution is 2.29. The summed E-state index contributed by atoms with van der Waals surface area (Å²) in [5, 5.41) is 6.02. The Kier molecular flexibility index (Phi) is 5.71. The fraction of sp³-hybridized carbons (Fsp3) is 0.750. The van der Waals surface area contributed by atoms with Crippen LogP contribution in [0.3, 0.4) is 0 Å². The van der Waals surface area contributed by atoms with Gasteiger partial charge in [0.1, 0.15) is 0 Å². The van der Waals surface area contributed by atoms with Crippen molar-refractivity contribution in [3.63, 3.8) is 0 Å². The molecule has 0 aromatic carbocycles. The SMILES string of the molecule is CCCC(NCC1CCCC(C)C1)c1cccs1. The summed E-state index contributed by atoms with van der Waals surface area (Å²) in [6, 6.07) is 5.04. The van der Waals surface area contributed by atoms with Gasteiger partial charge in [-0.1, -0.05) is 39.2 Å². The van der Waals surface area contributed by atoms with Gasteiger partial charge in [-0.25, -0.2) is 0 Å². The van der Waals surface area contributed by atoms with Gasteiger partial charge >= 0.3 is 0 Å². The number of hydrogen-bond donors (Lipinski definition) is 1. The average Bonchev–Trinajstić information content (AvgIpc) is 2.88. The molecule has 0 spiro atoms. The first-order chi connectivity index (χ1) is 8.79. The Morgan fingerprint density at radius 2 is 2.33 bits per heavy atom. The van der Waals surface area contributed by atoms with E-state index in [4.69, 9.17) is 0 Å². The van der Waals surface area contributed by atoms with Crippen LogP contribution >= 0.6 is 11.3 Å². The summed E-state index contributed by atoms with van der Waals surface area (Å²) in [6.45, 7) is 5.91. The molecule has 3 atom stereocenters. The Bertz CT molecular complexity index is 320. The zero-order chi connectivity index (χ0) is 12.8. The summed E-state index contributed by atoms with van der Waals surface area (Å²) in [5.41, 5.74) is 0. The fourth-order valence-electron chi connectivity index (χ4n) is 3.18. The third-order valence-electron chi connectivity index (χ3n) is 4.16. The summed E-state index contributed by atoms with van der Waals surface area (Å²) in [7, 11) is 0. The number of rotatable bonds is 6. The monoisotopic (exact) mass is 265 g/mol. The summed E-state index contributed by atoms with van der Waals surface area (Å²) in [5.74, 6) is 1.85. The molecule has 102 valence electrons. The molecule has 1 heterocycles. The number of hydrogen-bond acceptors (Lipinski definition) is 2. The van der Waals surface area contributed by atoms with Gasteiger partial charge in [-0.15, -0.1) is 11.3 Å². The topological polar surface area (TPSA) is 12.0 Å². The van der Waals surface area contributed by atoms with Crippen molar-refractivity contribution >= 4 is 11.3 Å². The first-order valence-corrected chi connectivity index (χ1v) is 8.44. The second-order valence-corrected chi connectivity index (χ2v) is 6.88. The molecule has 1 aromatic heterocycles. The molecule has 2 heteroatoms. The molecule has 0 radical (unpaired) electrons. The number of nitrogens with one attached hydrogen (secondary N) is 1. The Morgan fingerprint density at radius 1 is 1.44 bits per heavy atom. The van der Waals surface area contributed by atoms with E-state index in [0.717, 1.165) is 11.8 Å². The van der Waals surface area contributed by atoms with Gasteiger partial charge in [0, 0.05) is 10.9 Å². The van der Waals surface area contributed by atoms with Gasteiger partial charge < -0.3 is 5.32 Å². The molecule has 0 amide bonds. The summed E-state index contributed by atoms with van der Waals surface area (Å²) < 4.78 is 0. The van der Waals surface area contributed by atoms with Gasteiger partial charge in [-0.05, 0) is 49.1 Å². The zero-order valence-corrected chi connectivity index (χ0v) is 12.6. The van der Waals surface area contributed by atoms with Gasteiger partial charge in [-0.2, -0.15) is 0 Å². The maximum atomic E-state index is 3.82. The Morgan fingerprint density at radius 3 is 3.00 bits per heavy atom. The molecule has 1 aromatic rings. The van der Waals surface area contributed by atoms with Crippen molar-refractivity contribution < 1.29 is 0 Å². The predicted octanol–water partition coefficient (Wildman–Crippen LogP) is 5.01. The quantitative estimate of drug-likeness (QED) is 0.762. The maximum Gasteiger partial charge on any atom is 0.0414 e. The first-order valence-electron chi connectivity index (χ1n) is 7.56. The van der Waals surface area contributed by atoms with Crippen LogP contribution in [0.1, 0.15) is 63.3 Å². The molecule has 1 aliphatic carbocycles. The molecule has 2 rings (SSSR count). The van der Waals surface area contributed by atoms with Crippen molar-refractivity contribution in [2.24, 2.45) is 11.8 Å². The molecule has 0 saturated heterocycles. The minimum absolute atomic E-state index is 0.590. The maximum absolute atomic E-state index is 3.82. The van der Waals surface area contributed by atoms with E-state index in [1.807, 2.05) is 11.3 Å². The average molecular weight is 265 g/mol. The minimum Gasteiger partial charge on any atom is -0.309 e. The van der Waals surface area contributed by atoms with Crippen LogP contribution in [-0.4, -0.2) is 6.54 Å². The van der Waals surface area contributed by atoms with Crippen LogP contribution in [0, 0.1) is 11.8 Å². The lowest BCUT2D eigenvalue weighted by Gasteiger charge is -2.28. The lowest BCUT2D eigenvalue weighted by atomic mass is 9.82. The standard InChI is InChI=1S/C16H27NS/c1-3-6-15(16-9-5-10-18-16)17-12-14-8-4-7-13(2)11-14/h5,9-10,13-15,17H,3-4,6-8,11-12H2,1-2H3. The van der Waals surface area contributed by atoms with Crippen molar-refractivity contribution in [2.45, 2.75) is 58.4 Å². The minimum atomic E-state index is 0.590. The van der Waals surface area contributed by atoms with E-state index in [0.29, 0.717) is 6.04 Å². The van der Waals surface area contributed by atoms with E-state index in [1.54, 1.807) is 0 Å². The van der Waals surface area contributed by atoms with Gasteiger partial charge in [0.2, 0.25) is 0 Å². The highest BCUT2D eigenvalue weighted by molar-refractivity contribution is 7.10. The molecule has 0 bridgehead atoms.